The lowest BCUT2D eigenvalue weighted by Gasteiger charge is -1.94. The van der Waals surface area contributed by atoms with Gasteiger partial charge in [0, 0.05) is 11.1 Å². The predicted octanol–water partition coefficient (Wildman–Crippen LogP) is 0.620. The van der Waals surface area contributed by atoms with Gasteiger partial charge in [-0.15, -0.1) is 11.3 Å². The number of urea groups is 1. The highest BCUT2D eigenvalue weighted by Gasteiger charge is 1.98. The lowest BCUT2D eigenvalue weighted by molar-refractivity contribution is 0.248. The van der Waals surface area contributed by atoms with E-state index in [0.29, 0.717) is 6.54 Å². The van der Waals surface area contributed by atoms with Gasteiger partial charge in [0.15, 0.2) is 0 Å². The molecule has 2 amide bonds. The number of aromatic nitrogens is 1. The molecule has 1 heterocycles. The van der Waals surface area contributed by atoms with Gasteiger partial charge in [-0.05, 0) is 6.92 Å². The van der Waals surface area contributed by atoms with E-state index in [0.717, 1.165) is 9.88 Å². The van der Waals surface area contributed by atoms with Gasteiger partial charge >= 0.3 is 6.03 Å². The zero-order valence-corrected chi connectivity index (χ0v) is 6.94. The monoisotopic (exact) mass is 171 g/mol. The number of amides is 2. The zero-order chi connectivity index (χ0) is 8.27. The van der Waals surface area contributed by atoms with Crippen LogP contribution in [0.1, 0.15) is 9.88 Å². The fraction of sp³-hybridized carbons (Fsp3) is 0.333. The van der Waals surface area contributed by atoms with Crippen LogP contribution in [0.4, 0.5) is 4.79 Å². The summed E-state index contributed by atoms with van der Waals surface area (Å²) in [4.78, 5) is 15.4. The maximum atomic E-state index is 10.3. The number of nitrogens with one attached hydrogen (secondary N) is 1. The maximum Gasteiger partial charge on any atom is 0.312 e. The number of thiazole rings is 1. The second-order valence-corrected chi connectivity index (χ2v) is 3.40. The maximum absolute atomic E-state index is 10.3. The number of carbonyl (C=O) groups is 1. The van der Waals surface area contributed by atoms with Crippen molar-refractivity contribution in [2.24, 2.45) is 5.73 Å². The molecule has 0 atom stereocenters. The number of primary amides is 1. The molecular formula is C6H9N3OS. The molecule has 3 N–H and O–H groups in total. The van der Waals surface area contributed by atoms with E-state index in [9.17, 15) is 4.79 Å². The molecule has 0 fully saturated rings. The van der Waals surface area contributed by atoms with Crippen LogP contribution in [0.25, 0.3) is 0 Å². The van der Waals surface area contributed by atoms with Crippen LogP contribution in [0.3, 0.4) is 0 Å². The molecule has 0 aliphatic carbocycles. The summed E-state index contributed by atoms with van der Waals surface area (Å²) >= 11 is 1.55. The first-order chi connectivity index (χ1) is 5.18. The third-order valence-electron chi connectivity index (χ3n) is 1.08. The highest BCUT2D eigenvalue weighted by atomic mass is 32.1. The molecule has 60 valence electrons. The third kappa shape index (κ3) is 2.55. The molecule has 5 heteroatoms. The Morgan fingerprint density at radius 2 is 2.64 bits per heavy atom. The Morgan fingerprint density at radius 3 is 3.09 bits per heavy atom. The van der Waals surface area contributed by atoms with Crippen molar-refractivity contribution >= 4 is 17.4 Å². The van der Waals surface area contributed by atoms with E-state index in [-0.39, 0.29) is 0 Å². The molecule has 0 saturated carbocycles. The smallest absolute Gasteiger partial charge is 0.312 e. The Bertz CT molecular complexity index is 258. The first-order valence-electron chi connectivity index (χ1n) is 3.13. The van der Waals surface area contributed by atoms with Gasteiger partial charge < -0.3 is 11.1 Å². The highest BCUT2D eigenvalue weighted by Crippen LogP contribution is 2.09. The minimum atomic E-state index is -0.516. The Balaban J connectivity index is 2.45. The second kappa shape index (κ2) is 3.34. The molecule has 0 spiro atoms. The molecule has 0 aliphatic heterocycles. The van der Waals surface area contributed by atoms with Crippen LogP contribution >= 0.6 is 11.3 Å². The number of nitrogens with zero attached hydrogens (tertiary/aromatic N) is 1. The molecule has 0 saturated heterocycles. The molecule has 0 bridgehead atoms. The average molecular weight is 171 g/mol. The van der Waals surface area contributed by atoms with Gasteiger partial charge in [0.25, 0.3) is 0 Å². The van der Waals surface area contributed by atoms with Crippen molar-refractivity contribution in [1.29, 1.82) is 0 Å². The number of carbonyl (C=O) groups excluding carboxylic acids is 1. The first-order valence-corrected chi connectivity index (χ1v) is 3.95. The summed E-state index contributed by atoms with van der Waals surface area (Å²) in [6.45, 7) is 2.39. The molecule has 0 aromatic carbocycles. The lowest BCUT2D eigenvalue weighted by atomic mass is 10.6. The minimum Gasteiger partial charge on any atom is -0.352 e. The number of hydrogen-bond donors (Lipinski definition) is 2. The lowest BCUT2D eigenvalue weighted by Crippen LogP contribution is -2.28. The summed E-state index contributed by atoms with van der Waals surface area (Å²) < 4.78 is 0. The summed E-state index contributed by atoms with van der Waals surface area (Å²) in [6, 6.07) is -0.516. The first kappa shape index (κ1) is 8.00. The molecule has 1 aromatic rings. The van der Waals surface area contributed by atoms with E-state index in [4.69, 9.17) is 5.73 Å². The largest absolute Gasteiger partial charge is 0.352 e. The van der Waals surface area contributed by atoms with E-state index >= 15 is 0 Å². The number of rotatable bonds is 2. The topological polar surface area (TPSA) is 68.0 Å². The molecule has 1 rings (SSSR count). The zero-order valence-electron chi connectivity index (χ0n) is 6.13. The second-order valence-electron chi connectivity index (χ2n) is 2.08. The molecule has 4 nitrogen and oxygen atoms in total. The third-order valence-corrected chi connectivity index (χ3v) is 2.00. The Labute approximate surface area is 68.4 Å². The van der Waals surface area contributed by atoms with Crippen LogP contribution in [-0.2, 0) is 6.54 Å². The standard InChI is InChI=1S/C6H9N3OS/c1-4-2-8-5(11-4)3-9-6(7)10/h2H,3H2,1H3,(H3,7,9,10). The van der Waals surface area contributed by atoms with Crippen LogP contribution in [0.15, 0.2) is 6.20 Å². The average Bonchev–Trinajstić information content (AvgIpc) is 2.31. The van der Waals surface area contributed by atoms with Crippen molar-refractivity contribution in [1.82, 2.24) is 10.3 Å². The van der Waals surface area contributed by atoms with E-state index in [1.807, 2.05) is 6.92 Å². The molecule has 11 heavy (non-hydrogen) atoms. The summed E-state index contributed by atoms with van der Waals surface area (Å²) in [5.41, 5.74) is 4.87. The minimum absolute atomic E-state index is 0.424. The van der Waals surface area contributed by atoms with Crippen LogP contribution in [0, 0.1) is 6.92 Å². The normalized spacial score (nSPS) is 9.55. The SMILES string of the molecule is Cc1cnc(CNC(N)=O)s1. The van der Waals surface area contributed by atoms with Gasteiger partial charge in [-0.2, -0.15) is 0 Å². The number of nitrogens with two attached hydrogens (primary N) is 1. The number of hydrogen-bond acceptors (Lipinski definition) is 3. The quantitative estimate of drug-likeness (QED) is 0.685. The van der Waals surface area contributed by atoms with Gasteiger partial charge in [-0.25, -0.2) is 9.78 Å². The van der Waals surface area contributed by atoms with Gasteiger partial charge in [0.2, 0.25) is 0 Å². The fourth-order valence-corrected chi connectivity index (χ4v) is 1.37. The van der Waals surface area contributed by atoms with Crippen molar-refractivity contribution in [3.8, 4) is 0 Å². The van der Waals surface area contributed by atoms with Crippen molar-refractivity contribution in [2.75, 3.05) is 0 Å². The van der Waals surface area contributed by atoms with Crippen molar-refractivity contribution < 1.29 is 4.79 Å². The van der Waals surface area contributed by atoms with E-state index in [1.54, 1.807) is 17.5 Å². The Hall–Kier alpha value is -1.10. The summed E-state index contributed by atoms with van der Waals surface area (Å²) in [5.74, 6) is 0. The molecule has 1 aromatic heterocycles. The van der Waals surface area contributed by atoms with Gasteiger partial charge in [0.1, 0.15) is 5.01 Å². The number of aryl methyl sites for hydroxylation is 1. The van der Waals surface area contributed by atoms with Crippen LogP contribution in [-0.4, -0.2) is 11.0 Å². The van der Waals surface area contributed by atoms with Gasteiger partial charge in [-0.3, -0.25) is 0 Å². The Kier molecular flexibility index (Phi) is 2.43. The van der Waals surface area contributed by atoms with E-state index in [2.05, 4.69) is 10.3 Å². The van der Waals surface area contributed by atoms with Crippen molar-refractivity contribution in [2.45, 2.75) is 13.5 Å². The molecule has 0 unspecified atom stereocenters. The van der Waals surface area contributed by atoms with Crippen molar-refractivity contribution in [3.05, 3.63) is 16.1 Å². The van der Waals surface area contributed by atoms with E-state index in [1.165, 1.54) is 0 Å². The van der Waals surface area contributed by atoms with Crippen LogP contribution < -0.4 is 11.1 Å². The highest BCUT2D eigenvalue weighted by molar-refractivity contribution is 7.11. The Morgan fingerprint density at radius 1 is 1.91 bits per heavy atom. The molecular weight excluding hydrogens is 162 g/mol. The molecule has 0 radical (unpaired) electrons. The summed E-state index contributed by atoms with van der Waals surface area (Å²) in [5, 5.41) is 3.34. The molecule has 0 aliphatic rings. The predicted molar refractivity (Wildman–Crippen MR) is 43.3 cm³/mol. The van der Waals surface area contributed by atoms with Crippen LogP contribution in [0.2, 0.25) is 0 Å². The van der Waals surface area contributed by atoms with Crippen LogP contribution in [0.5, 0.6) is 0 Å². The van der Waals surface area contributed by atoms with E-state index < -0.39 is 6.03 Å². The summed E-state index contributed by atoms with van der Waals surface area (Å²) in [6.07, 6.45) is 1.77. The van der Waals surface area contributed by atoms with Gasteiger partial charge in [0.05, 0.1) is 6.54 Å². The van der Waals surface area contributed by atoms with Gasteiger partial charge in [-0.1, -0.05) is 0 Å². The summed E-state index contributed by atoms with van der Waals surface area (Å²) in [7, 11) is 0. The fourth-order valence-electron chi connectivity index (χ4n) is 0.646. The van der Waals surface area contributed by atoms with Crippen molar-refractivity contribution in [3.63, 3.8) is 0 Å².